The van der Waals surface area contributed by atoms with E-state index in [1.807, 2.05) is 36.6 Å². The molecule has 158 valence electrons. The molecule has 2 heterocycles. The molecule has 0 bridgehead atoms. The number of carbonyl (C=O) groups excluding carboxylic acids is 1. The van der Waals surface area contributed by atoms with Crippen LogP contribution in [0.25, 0.3) is 10.6 Å². The van der Waals surface area contributed by atoms with E-state index in [1.54, 1.807) is 0 Å². The predicted molar refractivity (Wildman–Crippen MR) is 116 cm³/mol. The van der Waals surface area contributed by atoms with E-state index in [1.165, 1.54) is 11.3 Å². The number of hydrogen-bond donors (Lipinski definition) is 1. The van der Waals surface area contributed by atoms with Crippen LogP contribution in [0, 0.1) is 5.92 Å². The molecule has 1 saturated heterocycles. The molecule has 0 aliphatic carbocycles. The summed E-state index contributed by atoms with van der Waals surface area (Å²) < 4.78 is 11.5. The van der Waals surface area contributed by atoms with Gasteiger partial charge in [-0.15, -0.1) is 11.3 Å². The Labute approximate surface area is 177 Å². The molecule has 0 radical (unpaired) electrons. The second-order valence-electron chi connectivity index (χ2n) is 7.70. The lowest BCUT2D eigenvalue weighted by Gasteiger charge is -2.33. The highest BCUT2D eigenvalue weighted by atomic mass is 32.1. The maximum Gasteiger partial charge on any atom is 0.226 e. The van der Waals surface area contributed by atoms with E-state index in [4.69, 9.17) is 9.47 Å². The summed E-state index contributed by atoms with van der Waals surface area (Å²) in [6.45, 7) is 11.2. The molecule has 1 N–H and O–H groups in total. The standard InChI is InChI=1S/C22H31N3O3S/c1-4-27-20-8-6-5-7-19(20)22-24-17(15-29-22)11-21(26)23-12-18-14-25(9-10-28-18)13-16(2)3/h5-8,15-16,18H,4,9-14H2,1-3H3,(H,23,26). The zero-order valence-electron chi connectivity index (χ0n) is 17.5. The van der Waals surface area contributed by atoms with Crippen LogP contribution < -0.4 is 10.1 Å². The number of hydrogen-bond acceptors (Lipinski definition) is 6. The van der Waals surface area contributed by atoms with E-state index in [0.717, 1.165) is 48.3 Å². The first-order chi connectivity index (χ1) is 14.0. The Morgan fingerprint density at radius 1 is 1.41 bits per heavy atom. The second-order valence-corrected chi connectivity index (χ2v) is 8.56. The van der Waals surface area contributed by atoms with E-state index >= 15 is 0 Å². The summed E-state index contributed by atoms with van der Waals surface area (Å²) in [5, 5.41) is 5.82. The minimum atomic E-state index is -0.0236. The largest absolute Gasteiger partial charge is 0.493 e. The minimum Gasteiger partial charge on any atom is -0.493 e. The zero-order valence-corrected chi connectivity index (χ0v) is 18.3. The fraction of sp³-hybridized carbons (Fsp3) is 0.545. The number of para-hydroxylation sites is 1. The van der Waals surface area contributed by atoms with E-state index in [-0.39, 0.29) is 18.4 Å². The third-order valence-corrected chi connectivity index (χ3v) is 5.61. The first-order valence-corrected chi connectivity index (χ1v) is 11.2. The molecular formula is C22H31N3O3S. The summed E-state index contributed by atoms with van der Waals surface area (Å²) in [7, 11) is 0. The summed E-state index contributed by atoms with van der Waals surface area (Å²) >= 11 is 1.53. The summed E-state index contributed by atoms with van der Waals surface area (Å²) in [6.07, 6.45) is 0.325. The lowest BCUT2D eigenvalue weighted by atomic mass is 10.2. The molecule has 1 fully saturated rings. The van der Waals surface area contributed by atoms with E-state index in [0.29, 0.717) is 19.1 Å². The van der Waals surface area contributed by atoms with Crippen molar-refractivity contribution in [2.75, 3.05) is 39.4 Å². The molecule has 1 atom stereocenters. The summed E-state index contributed by atoms with van der Waals surface area (Å²) in [6, 6.07) is 7.86. The van der Waals surface area contributed by atoms with Crippen molar-refractivity contribution >= 4 is 17.2 Å². The highest BCUT2D eigenvalue weighted by molar-refractivity contribution is 7.13. The quantitative estimate of drug-likeness (QED) is 0.679. The van der Waals surface area contributed by atoms with E-state index in [9.17, 15) is 4.79 Å². The van der Waals surface area contributed by atoms with Crippen molar-refractivity contribution in [3.63, 3.8) is 0 Å². The van der Waals surface area contributed by atoms with Crippen molar-refractivity contribution in [1.29, 1.82) is 0 Å². The molecule has 6 nitrogen and oxygen atoms in total. The average Bonchev–Trinajstić information content (AvgIpc) is 3.15. The van der Waals surface area contributed by atoms with Crippen LogP contribution in [0.2, 0.25) is 0 Å². The molecule has 1 aromatic heterocycles. The van der Waals surface area contributed by atoms with Gasteiger partial charge in [-0.05, 0) is 25.0 Å². The summed E-state index contributed by atoms with van der Waals surface area (Å²) in [5.41, 5.74) is 1.74. The summed E-state index contributed by atoms with van der Waals surface area (Å²) in [4.78, 5) is 19.4. The topological polar surface area (TPSA) is 63.7 Å². The number of amides is 1. The van der Waals surface area contributed by atoms with Crippen molar-refractivity contribution in [3.8, 4) is 16.3 Å². The molecular weight excluding hydrogens is 386 g/mol. The maximum atomic E-state index is 12.4. The molecule has 7 heteroatoms. The number of morpholine rings is 1. The fourth-order valence-electron chi connectivity index (χ4n) is 3.48. The van der Waals surface area contributed by atoms with Crippen LogP contribution >= 0.6 is 11.3 Å². The number of ether oxygens (including phenoxy) is 2. The van der Waals surface area contributed by atoms with Gasteiger partial charge in [0.15, 0.2) is 0 Å². The Kier molecular flexibility index (Phi) is 8.03. The Morgan fingerprint density at radius 3 is 3.03 bits per heavy atom. The van der Waals surface area contributed by atoms with Crippen molar-refractivity contribution < 1.29 is 14.3 Å². The number of rotatable bonds is 9. The molecule has 3 rings (SSSR count). The van der Waals surface area contributed by atoms with Crippen LogP contribution in [0.4, 0.5) is 0 Å². The number of nitrogens with zero attached hydrogens (tertiary/aromatic N) is 2. The van der Waals surface area contributed by atoms with Crippen molar-refractivity contribution in [2.45, 2.75) is 33.3 Å². The predicted octanol–water partition coefficient (Wildman–Crippen LogP) is 3.22. The molecule has 29 heavy (non-hydrogen) atoms. The third-order valence-electron chi connectivity index (χ3n) is 4.68. The van der Waals surface area contributed by atoms with Crippen LogP contribution in [-0.4, -0.2) is 61.3 Å². The highest BCUT2D eigenvalue weighted by Crippen LogP contribution is 2.32. The van der Waals surface area contributed by atoms with Gasteiger partial charge in [0.05, 0.1) is 37.0 Å². The normalized spacial score (nSPS) is 17.4. The van der Waals surface area contributed by atoms with Gasteiger partial charge >= 0.3 is 0 Å². The monoisotopic (exact) mass is 417 g/mol. The van der Waals surface area contributed by atoms with E-state index < -0.39 is 0 Å². The number of carbonyl (C=O) groups is 1. The van der Waals surface area contributed by atoms with Crippen LogP contribution in [-0.2, 0) is 16.0 Å². The third kappa shape index (κ3) is 6.52. The Bertz CT molecular complexity index is 793. The zero-order chi connectivity index (χ0) is 20.6. The number of thiazole rings is 1. The van der Waals surface area contributed by atoms with Crippen molar-refractivity contribution in [3.05, 3.63) is 35.3 Å². The van der Waals surface area contributed by atoms with Gasteiger partial charge in [0, 0.05) is 31.6 Å². The van der Waals surface area contributed by atoms with Gasteiger partial charge in [0.25, 0.3) is 0 Å². The van der Waals surface area contributed by atoms with Gasteiger partial charge in [-0.25, -0.2) is 4.98 Å². The van der Waals surface area contributed by atoms with Gasteiger partial charge < -0.3 is 14.8 Å². The number of aromatic nitrogens is 1. The summed E-state index contributed by atoms with van der Waals surface area (Å²) in [5.74, 6) is 1.43. The second kappa shape index (κ2) is 10.7. The van der Waals surface area contributed by atoms with Gasteiger partial charge in [0.2, 0.25) is 5.91 Å². The molecule has 1 aliphatic rings. The van der Waals surface area contributed by atoms with Crippen LogP contribution in [0.1, 0.15) is 26.5 Å². The SMILES string of the molecule is CCOc1ccccc1-c1nc(CC(=O)NCC2CN(CC(C)C)CCO2)cs1. The maximum absolute atomic E-state index is 12.4. The molecule has 1 amide bonds. The molecule has 0 saturated carbocycles. The van der Waals surface area contributed by atoms with Crippen LogP contribution in [0.3, 0.4) is 0 Å². The molecule has 2 aromatic rings. The molecule has 1 unspecified atom stereocenters. The fourth-order valence-corrected chi connectivity index (χ4v) is 4.33. The van der Waals surface area contributed by atoms with E-state index in [2.05, 4.69) is 29.0 Å². The smallest absolute Gasteiger partial charge is 0.226 e. The van der Waals surface area contributed by atoms with Crippen LogP contribution in [0.15, 0.2) is 29.6 Å². The number of nitrogens with one attached hydrogen (secondary N) is 1. The first-order valence-electron chi connectivity index (χ1n) is 10.3. The van der Waals surface area contributed by atoms with Crippen molar-refractivity contribution in [2.24, 2.45) is 5.92 Å². The van der Waals surface area contributed by atoms with Crippen LogP contribution in [0.5, 0.6) is 5.75 Å². The van der Waals surface area contributed by atoms with Gasteiger partial charge in [-0.2, -0.15) is 0 Å². The molecule has 0 spiro atoms. The van der Waals surface area contributed by atoms with Crippen molar-refractivity contribution in [1.82, 2.24) is 15.2 Å². The first kappa shape index (κ1) is 21.7. The highest BCUT2D eigenvalue weighted by Gasteiger charge is 2.21. The Balaban J connectivity index is 1.51. The van der Waals surface area contributed by atoms with Gasteiger partial charge in [-0.3, -0.25) is 9.69 Å². The molecule has 1 aliphatic heterocycles. The van der Waals surface area contributed by atoms with Gasteiger partial charge in [0.1, 0.15) is 10.8 Å². The average molecular weight is 418 g/mol. The molecule has 1 aromatic carbocycles. The Hall–Kier alpha value is -1.96. The Morgan fingerprint density at radius 2 is 2.24 bits per heavy atom. The number of benzene rings is 1. The lowest BCUT2D eigenvalue weighted by Crippen LogP contribution is -2.48. The van der Waals surface area contributed by atoms with Gasteiger partial charge in [-0.1, -0.05) is 26.0 Å². The minimum absolute atomic E-state index is 0.0236. The lowest BCUT2D eigenvalue weighted by molar-refractivity contribution is -0.121.